The molecule has 0 radical (unpaired) electrons. The lowest BCUT2D eigenvalue weighted by Gasteiger charge is -2.40. The zero-order chi connectivity index (χ0) is 41.0. The molecule has 2 N–H and O–H groups in total. The maximum absolute atomic E-state index is 15.0. The largest absolute Gasteiger partial charge is 0.496 e. The molecule has 0 aromatic heterocycles. The molecule has 3 aromatic rings. The van der Waals surface area contributed by atoms with Crippen LogP contribution in [0.15, 0.2) is 48.5 Å². The van der Waals surface area contributed by atoms with Crippen LogP contribution in [0.3, 0.4) is 0 Å². The van der Waals surface area contributed by atoms with Gasteiger partial charge in [0.15, 0.2) is 12.1 Å². The fourth-order valence-corrected chi connectivity index (χ4v) is 8.94. The van der Waals surface area contributed by atoms with Crippen molar-refractivity contribution in [3.8, 4) is 11.8 Å². The minimum Gasteiger partial charge on any atom is -0.496 e. The molecule has 0 aliphatic carbocycles. The summed E-state index contributed by atoms with van der Waals surface area (Å²) in [5, 5.41) is 14.7. The van der Waals surface area contributed by atoms with Crippen LogP contribution >= 0.6 is 0 Å². The Labute approximate surface area is 335 Å². The van der Waals surface area contributed by atoms with Crippen molar-refractivity contribution in [3.05, 3.63) is 82.2 Å². The number of piperidine rings is 3. The molecule has 1 unspecified atom stereocenters. The van der Waals surface area contributed by atoms with Crippen LogP contribution < -0.4 is 30.1 Å². The number of carbonyl (C=O) groups is 3. The number of nitriles is 1. The number of aldehydes is 1. The number of piperazine rings is 1. The highest BCUT2D eigenvalue weighted by molar-refractivity contribution is 6.00. The van der Waals surface area contributed by atoms with Gasteiger partial charge in [0, 0.05) is 89.3 Å². The number of anilines is 3. The van der Waals surface area contributed by atoms with E-state index in [1.54, 1.807) is 12.0 Å². The van der Waals surface area contributed by atoms with Crippen LogP contribution in [0.5, 0.6) is 5.75 Å². The number of hydrogen-bond acceptors (Lipinski definition) is 10. The van der Waals surface area contributed by atoms with Gasteiger partial charge in [-0.25, -0.2) is 4.39 Å². The highest BCUT2D eigenvalue weighted by Crippen LogP contribution is 2.40. The van der Waals surface area contributed by atoms with E-state index >= 15 is 4.39 Å². The van der Waals surface area contributed by atoms with Crippen molar-refractivity contribution in [2.24, 2.45) is 5.92 Å². The molecule has 3 aromatic carbocycles. The second-order valence-corrected chi connectivity index (χ2v) is 15.7. The lowest BCUT2D eigenvalue weighted by molar-refractivity contribution is -0.140. The minimum atomic E-state index is -4.95. The number of alkyl halides is 3. The summed E-state index contributed by atoms with van der Waals surface area (Å²) in [5.74, 6) is -0.696. The van der Waals surface area contributed by atoms with Crippen LogP contribution in [0, 0.1) is 23.1 Å². The minimum absolute atomic E-state index is 0.109. The van der Waals surface area contributed by atoms with Crippen LogP contribution in [0.25, 0.3) is 0 Å². The molecular weight excluding hydrogens is 755 g/mol. The summed E-state index contributed by atoms with van der Waals surface area (Å²) in [7, 11) is 1.54. The molecule has 0 bridgehead atoms. The molecule has 4 fully saturated rings. The van der Waals surface area contributed by atoms with Crippen LogP contribution in [0.2, 0.25) is 0 Å². The van der Waals surface area contributed by atoms with Gasteiger partial charge in [-0.2, -0.15) is 18.4 Å². The molecule has 1 atom stereocenters. The van der Waals surface area contributed by atoms with Gasteiger partial charge >= 0.3 is 6.18 Å². The number of ether oxygens (including phenoxy) is 1. The maximum atomic E-state index is 15.0. The van der Waals surface area contributed by atoms with Crippen molar-refractivity contribution >= 4 is 35.2 Å². The van der Waals surface area contributed by atoms with E-state index in [2.05, 4.69) is 49.6 Å². The number of benzene rings is 3. The molecule has 4 saturated heterocycles. The Morgan fingerprint density at radius 2 is 1.55 bits per heavy atom. The first-order valence-electron chi connectivity index (χ1n) is 20.1. The third kappa shape index (κ3) is 9.08. The van der Waals surface area contributed by atoms with Crippen LogP contribution in [0.1, 0.15) is 77.1 Å². The van der Waals surface area contributed by atoms with E-state index in [0.717, 1.165) is 82.3 Å². The number of nitrogens with zero attached hydrogens (tertiary/aromatic N) is 5. The monoisotopic (exact) mass is 803 g/mol. The summed E-state index contributed by atoms with van der Waals surface area (Å²) in [5.41, 5.74) is 2.19. The molecule has 2 amide bonds. The van der Waals surface area contributed by atoms with Crippen molar-refractivity contribution in [2.75, 3.05) is 80.7 Å². The zero-order valence-corrected chi connectivity index (χ0v) is 32.6. The third-order valence-corrected chi connectivity index (χ3v) is 12.3. The molecule has 4 aliphatic heterocycles. The first kappa shape index (κ1) is 41.0. The number of imide groups is 1. The lowest BCUT2D eigenvalue weighted by Crippen LogP contribution is -2.50. The molecule has 58 heavy (non-hydrogen) atoms. The van der Waals surface area contributed by atoms with Gasteiger partial charge in [-0.3, -0.25) is 24.6 Å². The van der Waals surface area contributed by atoms with Gasteiger partial charge < -0.3 is 24.8 Å². The normalized spacial score (nSPS) is 20.2. The number of carbonyl (C=O) groups excluding carboxylic acids is 3. The molecule has 11 nitrogen and oxygen atoms in total. The first-order chi connectivity index (χ1) is 27.9. The molecule has 0 saturated carbocycles. The summed E-state index contributed by atoms with van der Waals surface area (Å²) >= 11 is 0. The number of amides is 2. The van der Waals surface area contributed by atoms with Gasteiger partial charge in [0.25, 0.3) is 0 Å². The smallest absolute Gasteiger partial charge is 0.420 e. The summed E-state index contributed by atoms with van der Waals surface area (Å²) in [6.45, 7) is 7.61. The summed E-state index contributed by atoms with van der Waals surface area (Å²) in [6.07, 6.45) is 0.0741. The maximum Gasteiger partial charge on any atom is 0.420 e. The van der Waals surface area contributed by atoms with Gasteiger partial charge in [0.05, 0.1) is 36.0 Å². The molecule has 15 heteroatoms. The standard InChI is InChI=1S/C43H49F4N7O4/c1-58-38-23-34(22-32(35(38)27-55)25-49-36-7-9-39(56)50-42(36)57)53-20-18-51(19-21-53)26-28-10-14-52(15-11-28)33-5-2-29(3-6-33)30-12-16-54(17-13-30)37-8-4-31(24-48)40(41(37)44)43(45,46)47/h2-6,8,22-23,27-28,30,36,49H,7,9-21,25-26H2,1H3,(H,50,56,57). The van der Waals surface area contributed by atoms with E-state index in [9.17, 15) is 27.6 Å². The van der Waals surface area contributed by atoms with Gasteiger partial charge in [-0.05, 0) is 85.4 Å². The van der Waals surface area contributed by atoms with Gasteiger partial charge in [-0.1, -0.05) is 12.1 Å². The fourth-order valence-electron chi connectivity index (χ4n) is 8.94. The molecule has 7 rings (SSSR count). The number of halogens is 4. The van der Waals surface area contributed by atoms with Crippen LogP contribution in [0.4, 0.5) is 34.6 Å². The number of rotatable bonds is 11. The van der Waals surface area contributed by atoms with Gasteiger partial charge in [0.1, 0.15) is 11.3 Å². The number of hydrogen-bond donors (Lipinski definition) is 2. The second-order valence-electron chi connectivity index (χ2n) is 15.7. The Morgan fingerprint density at radius 3 is 2.17 bits per heavy atom. The van der Waals surface area contributed by atoms with Crippen molar-refractivity contribution in [1.29, 1.82) is 5.26 Å². The van der Waals surface area contributed by atoms with E-state index in [-0.39, 0.29) is 36.4 Å². The van der Waals surface area contributed by atoms with E-state index in [1.165, 1.54) is 23.4 Å². The van der Waals surface area contributed by atoms with Crippen molar-refractivity contribution in [2.45, 2.75) is 63.2 Å². The average molecular weight is 804 g/mol. The Bertz CT molecular complexity index is 2010. The molecule has 4 heterocycles. The topological polar surface area (TPSA) is 121 Å². The van der Waals surface area contributed by atoms with Crippen molar-refractivity contribution in [3.63, 3.8) is 0 Å². The molecule has 308 valence electrons. The summed E-state index contributed by atoms with van der Waals surface area (Å²) in [4.78, 5) is 44.8. The lowest BCUT2D eigenvalue weighted by atomic mass is 9.88. The Hall–Kier alpha value is -5.20. The first-order valence-corrected chi connectivity index (χ1v) is 20.1. The number of nitrogens with one attached hydrogen (secondary N) is 2. The van der Waals surface area contributed by atoms with E-state index in [0.29, 0.717) is 49.6 Å². The highest BCUT2D eigenvalue weighted by Gasteiger charge is 2.39. The zero-order valence-electron chi connectivity index (χ0n) is 32.6. The number of methoxy groups -OCH3 is 1. The quantitative estimate of drug-likeness (QED) is 0.139. The van der Waals surface area contributed by atoms with E-state index in [1.807, 2.05) is 12.1 Å². The Morgan fingerprint density at radius 1 is 0.879 bits per heavy atom. The SMILES string of the molecule is COc1cc(N2CCN(CC3CCN(c4ccc(C5CCN(c6ccc(C#N)c(C(F)(F)F)c6F)CC5)cc4)CC3)CC2)cc(CNC2CCC(=O)NC2=O)c1C=O. The Balaban J connectivity index is 0.868. The van der Waals surface area contributed by atoms with Crippen LogP contribution in [-0.4, -0.2) is 95.1 Å². The molecule has 0 spiro atoms. The highest BCUT2D eigenvalue weighted by atomic mass is 19.4. The Kier molecular flexibility index (Phi) is 12.5. The van der Waals surface area contributed by atoms with Crippen molar-refractivity contribution < 1.29 is 36.7 Å². The van der Waals surface area contributed by atoms with Gasteiger partial charge in [0.2, 0.25) is 11.8 Å². The third-order valence-electron chi connectivity index (χ3n) is 12.3. The summed E-state index contributed by atoms with van der Waals surface area (Å²) in [6, 6.07) is 15.8. The predicted octanol–water partition coefficient (Wildman–Crippen LogP) is 5.85. The van der Waals surface area contributed by atoms with E-state index in [4.69, 9.17) is 10.00 Å². The van der Waals surface area contributed by atoms with Crippen molar-refractivity contribution in [1.82, 2.24) is 15.5 Å². The summed E-state index contributed by atoms with van der Waals surface area (Å²) < 4.78 is 61.3. The molecular formula is C43H49F4N7O4. The molecule has 4 aliphatic rings. The van der Waals surface area contributed by atoms with Crippen LogP contribution in [-0.2, 0) is 22.3 Å². The van der Waals surface area contributed by atoms with E-state index < -0.39 is 29.2 Å². The second kappa shape index (κ2) is 17.7. The fraction of sp³-hybridized carbons (Fsp3) is 0.488. The van der Waals surface area contributed by atoms with Gasteiger partial charge in [-0.15, -0.1) is 0 Å². The predicted molar refractivity (Wildman–Crippen MR) is 212 cm³/mol. The average Bonchev–Trinajstić information content (AvgIpc) is 3.23.